The number of carbonyl (C=O) groups excluding carboxylic acids is 1. The molecule has 1 amide bonds. The number of carboxylic acids is 1. The predicted molar refractivity (Wildman–Crippen MR) is 71.9 cm³/mol. The maximum absolute atomic E-state index is 12.1. The lowest BCUT2D eigenvalue weighted by Gasteiger charge is -2.32. The number of hydrogen-bond donors (Lipinski definition) is 1. The van der Waals surface area contributed by atoms with Gasteiger partial charge in [0.25, 0.3) is 0 Å². The Bertz CT molecular complexity index is 452. The molecular formula is C13H16N2O3S. The van der Waals surface area contributed by atoms with Gasteiger partial charge >= 0.3 is 5.97 Å². The van der Waals surface area contributed by atoms with Crippen LogP contribution in [0.25, 0.3) is 0 Å². The van der Waals surface area contributed by atoms with Gasteiger partial charge in [0.15, 0.2) is 0 Å². The number of thioether (sulfide) groups is 1. The molecule has 1 fully saturated rings. The molecule has 1 saturated heterocycles. The van der Waals surface area contributed by atoms with Gasteiger partial charge in [0, 0.05) is 23.8 Å². The third-order valence-electron chi connectivity index (χ3n) is 3.12. The number of nitrogens with zero attached hydrogens (tertiary/aromatic N) is 2. The van der Waals surface area contributed by atoms with Crippen LogP contribution in [0.2, 0.25) is 0 Å². The number of rotatable bonds is 4. The minimum Gasteiger partial charge on any atom is -0.480 e. The Morgan fingerprint density at radius 3 is 2.79 bits per heavy atom. The molecule has 0 radical (unpaired) electrons. The van der Waals surface area contributed by atoms with Crippen LogP contribution in [0.15, 0.2) is 29.4 Å². The van der Waals surface area contributed by atoms with Crippen molar-refractivity contribution in [3.63, 3.8) is 0 Å². The van der Waals surface area contributed by atoms with Crippen LogP contribution in [0.4, 0.5) is 0 Å². The van der Waals surface area contributed by atoms with Gasteiger partial charge in [-0.1, -0.05) is 0 Å². The average Bonchev–Trinajstić information content (AvgIpc) is 2.46. The maximum atomic E-state index is 12.1. The van der Waals surface area contributed by atoms with Crippen molar-refractivity contribution in [1.82, 2.24) is 9.88 Å². The van der Waals surface area contributed by atoms with Crippen LogP contribution in [0.3, 0.4) is 0 Å². The second kappa shape index (κ2) is 6.56. The molecule has 1 N–H and O–H groups in total. The Labute approximate surface area is 116 Å². The Balaban J connectivity index is 1.93. The molecule has 0 spiro atoms. The van der Waals surface area contributed by atoms with Crippen LogP contribution < -0.4 is 0 Å². The van der Waals surface area contributed by atoms with Gasteiger partial charge in [0.2, 0.25) is 5.91 Å². The molecule has 19 heavy (non-hydrogen) atoms. The standard InChI is InChI=1S/C13H16N2O3S/c16-12(9-19-10-4-6-14-7-5-10)15-8-2-1-3-11(15)13(17)18/h4-7,11H,1-3,8-9H2,(H,17,18)/t11-/m1/s1. The first-order valence-corrected chi connectivity index (χ1v) is 7.22. The Hall–Kier alpha value is -1.56. The molecule has 2 heterocycles. The van der Waals surface area contributed by atoms with Gasteiger partial charge in [-0.3, -0.25) is 9.78 Å². The maximum Gasteiger partial charge on any atom is 0.326 e. The van der Waals surface area contributed by atoms with Gasteiger partial charge in [-0.2, -0.15) is 0 Å². The number of pyridine rings is 1. The van der Waals surface area contributed by atoms with E-state index in [1.54, 1.807) is 12.4 Å². The molecule has 1 aliphatic heterocycles. The fourth-order valence-corrected chi connectivity index (χ4v) is 2.92. The number of aromatic nitrogens is 1. The summed E-state index contributed by atoms with van der Waals surface area (Å²) in [4.78, 5) is 29.6. The zero-order valence-corrected chi connectivity index (χ0v) is 11.3. The number of likely N-dealkylation sites (tertiary alicyclic amines) is 1. The predicted octanol–water partition coefficient (Wildman–Crippen LogP) is 1.64. The second-order valence-electron chi connectivity index (χ2n) is 4.41. The van der Waals surface area contributed by atoms with Crippen molar-refractivity contribution >= 4 is 23.6 Å². The number of carboxylic acid groups (broad SMARTS) is 1. The first-order valence-electron chi connectivity index (χ1n) is 6.23. The van der Waals surface area contributed by atoms with E-state index in [0.717, 1.165) is 17.7 Å². The second-order valence-corrected chi connectivity index (χ2v) is 5.46. The van der Waals surface area contributed by atoms with Crippen molar-refractivity contribution in [1.29, 1.82) is 0 Å². The molecule has 2 rings (SSSR count). The van der Waals surface area contributed by atoms with Crippen LogP contribution in [0.5, 0.6) is 0 Å². The van der Waals surface area contributed by atoms with E-state index in [0.29, 0.717) is 13.0 Å². The fraction of sp³-hybridized carbons (Fsp3) is 0.462. The van der Waals surface area contributed by atoms with Crippen LogP contribution in [-0.4, -0.2) is 45.2 Å². The third kappa shape index (κ3) is 3.70. The van der Waals surface area contributed by atoms with Crippen molar-refractivity contribution in [2.75, 3.05) is 12.3 Å². The molecule has 1 aromatic rings. The first kappa shape index (κ1) is 13.9. The molecule has 0 unspecified atom stereocenters. The summed E-state index contributed by atoms with van der Waals surface area (Å²) in [6.45, 7) is 0.548. The molecule has 0 bridgehead atoms. The van der Waals surface area contributed by atoms with E-state index in [9.17, 15) is 9.59 Å². The molecule has 102 valence electrons. The highest BCUT2D eigenvalue weighted by atomic mass is 32.2. The summed E-state index contributed by atoms with van der Waals surface area (Å²) in [5, 5.41) is 9.13. The first-order chi connectivity index (χ1) is 9.18. The molecule has 1 aliphatic rings. The van der Waals surface area contributed by atoms with Gasteiger partial charge in [-0.25, -0.2) is 4.79 Å². The number of piperidine rings is 1. The zero-order chi connectivity index (χ0) is 13.7. The Kier molecular flexibility index (Phi) is 4.79. The normalized spacial score (nSPS) is 19.2. The average molecular weight is 280 g/mol. The highest BCUT2D eigenvalue weighted by molar-refractivity contribution is 8.00. The molecule has 0 aromatic carbocycles. The molecule has 0 aliphatic carbocycles. The Morgan fingerprint density at radius 1 is 1.37 bits per heavy atom. The molecule has 6 heteroatoms. The van der Waals surface area contributed by atoms with Gasteiger partial charge in [0.1, 0.15) is 6.04 Å². The van der Waals surface area contributed by atoms with E-state index in [4.69, 9.17) is 5.11 Å². The largest absolute Gasteiger partial charge is 0.480 e. The highest BCUT2D eigenvalue weighted by Gasteiger charge is 2.31. The summed E-state index contributed by atoms with van der Waals surface area (Å²) >= 11 is 1.41. The molecule has 1 atom stereocenters. The molecule has 5 nitrogen and oxygen atoms in total. The number of amides is 1. The van der Waals surface area contributed by atoms with Gasteiger partial charge < -0.3 is 10.0 Å². The summed E-state index contributed by atoms with van der Waals surface area (Å²) in [6, 6.07) is 3.02. The van der Waals surface area contributed by atoms with Crippen molar-refractivity contribution in [3.05, 3.63) is 24.5 Å². The van der Waals surface area contributed by atoms with Gasteiger partial charge in [-0.15, -0.1) is 11.8 Å². The van der Waals surface area contributed by atoms with Crippen molar-refractivity contribution in [3.8, 4) is 0 Å². The van der Waals surface area contributed by atoms with E-state index in [2.05, 4.69) is 4.98 Å². The molecule has 0 saturated carbocycles. The van der Waals surface area contributed by atoms with E-state index in [-0.39, 0.29) is 11.7 Å². The van der Waals surface area contributed by atoms with Crippen LogP contribution in [0.1, 0.15) is 19.3 Å². The minimum absolute atomic E-state index is 0.103. The Morgan fingerprint density at radius 2 is 2.11 bits per heavy atom. The zero-order valence-electron chi connectivity index (χ0n) is 10.5. The highest BCUT2D eigenvalue weighted by Crippen LogP contribution is 2.21. The number of hydrogen-bond acceptors (Lipinski definition) is 4. The quantitative estimate of drug-likeness (QED) is 0.849. The summed E-state index contributed by atoms with van der Waals surface area (Å²) in [7, 11) is 0. The summed E-state index contributed by atoms with van der Waals surface area (Å²) in [5.74, 6) is -0.732. The topological polar surface area (TPSA) is 70.5 Å². The van der Waals surface area contributed by atoms with Gasteiger partial charge in [-0.05, 0) is 31.4 Å². The van der Waals surface area contributed by atoms with E-state index in [1.807, 2.05) is 12.1 Å². The smallest absolute Gasteiger partial charge is 0.326 e. The number of carbonyl (C=O) groups is 2. The van der Waals surface area contributed by atoms with Gasteiger partial charge in [0.05, 0.1) is 5.75 Å². The van der Waals surface area contributed by atoms with Crippen LogP contribution >= 0.6 is 11.8 Å². The lowest BCUT2D eigenvalue weighted by atomic mass is 10.0. The van der Waals surface area contributed by atoms with E-state index < -0.39 is 12.0 Å². The molecule has 1 aromatic heterocycles. The lowest BCUT2D eigenvalue weighted by molar-refractivity contribution is -0.150. The number of aliphatic carboxylic acids is 1. The fourth-order valence-electron chi connectivity index (χ4n) is 2.15. The molecular weight excluding hydrogens is 264 g/mol. The lowest BCUT2D eigenvalue weighted by Crippen LogP contribution is -2.48. The van der Waals surface area contributed by atoms with E-state index >= 15 is 0 Å². The summed E-state index contributed by atoms with van der Waals surface area (Å²) < 4.78 is 0. The van der Waals surface area contributed by atoms with Crippen LogP contribution in [0, 0.1) is 0 Å². The van der Waals surface area contributed by atoms with Crippen molar-refractivity contribution in [2.45, 2.75) is 30.2 Å². The van der Waals surface area contributed by atoms with Crippen molar-refractivity contribution < 1.29 is 14.7 Å². The SMILES string of the molecule is O=C(O)[C@H]1CCCCN1C(=O)CSc1ccncc1. The minimum atomic E-state index is -0.901. The summed E-state index contributed by atoms with van der Waals surface area (Å²) in [6.07, 6.45) is 5.66. The van der Waals surface area contributed by atoms with E-state index in [1.165, 1.54) is 16.7 Å². The summed E-state index contributed by atoms with van der Waals surface area (Å²) in [5.41, 5.74) is 0. The van der Waals surface area contributed by atoms with Crippen LogP contribution in [-0.2, 0) is 9.59 Å². The third-order valence-corrected chi connectivity index (χ3v) is 4.12. The van der Waals surface area contributed by atoms with Crippen molar-refractivity contribution in [2.24, 2.45) is 0 Å². The monoisotopic (exact) mass is 280 g/mol.